The molecule has 1 atom stereocenters. The van der Waals surface area contributed by atoms with Gasteiger partial charge in [0, 0.05) is 37.4 Å². The summed E-state index contributed by atoms with van der Waals surface area (Å²) in [6.07, 6.45) is 2.63. The zero-order valence-corrected chi connectivity index (χ0v) is 16.9. The lowest BCUT2D eigenvalue weighted by Crippen LogP contribution is -2.44. The molecule has 6 nitrogen and oxygen atoms in total. The first-order valence-corrected chi connectivity index (χ1v) is 9.87. The molecule has 1 aliphatic rings. The third-order valence-electron chi connectivity index (χ3n) is 4.51. The molecule has 2 heterocycles. The zero-order valence-electron chi connectivity index (χ0n) is 16.1. The summed E-state index contributed by atoms with van der Waals surface area (Å²) >= 11 is 6.25. The first-order chi connectivity index (χ1) is 14.1. The number of halogens is 3. The number of benzene rings is 1. The summed E-state index contributed by atoms with van der Waals surface area (Å²) < 4.78 is 29.8. The van der Waals surface area contributed by atoms with Crippen molar-refractivity contribution in [3.05, 3.63) is 53.2 Å². The fourth-order valence-corrected chi connectivity index (χ4v) is 3.44. The Kier molecular flexibility index (Phi) is 7.46. The lowest BCUT2D eigenvalue weighted by Gasteiger charge is -2.20. The van der Waals surface area contributed by atoms with E-state index in [-0.39, 0.29) is 18.3 Å². The van der Waals surface area contributed by atoms with E-state index in [0.717, 1.165) is 25.3 Å². The molecule has 1 saturated heterocycles. The minimum Gasteiger partial charge on any atom is -0.434 e. The van der Waals surface area contributed by atoms with Crippen LogP contribution in [0, 0.1) is 0 Å². The van der Waals surface area contributed by atoms with Crippen molar-refractivity contribution in [1.29, 1.82) is 0 Å². The van der Waals surface area contributed by atoms with E-state index in [1.54, 1.807) is 24.4 Å². The number of para-hydroxylation sites is 1. The van der Waals surface area contributed by atoms with Crippen molar-refractivity contribution in [3.63, 3.8) is 0 Å². The van der Waals surface area contributed by atoms with Crippen LogP contribution in [0.5, 0.6) is 5.75 Å². The van der Waals surface area contributed by atoms with Crippen LogP contribution in [0.15, 0.2) is 47.6 Å². The van der Waals surface area contributed by atoms with Gasteiger partial charge in [-0.3, -0.25) is 0 Å². The molecule has 156 valence electrons. The third kappa shape index (κ3) is 5.93. The van der Waals surface area contributed by atoms with Crippen LogP contribution in [0.4, 0.5) is 14.6 Å². The molecule has 0 spiro atoms. The second-order valence-electron chi connectivity index (χ2n) is 6.57. The number of ether oxygens (including phenoxy) is 1. The summed E-state index contributed by atoms with van der Waals surface area (Å²) in [5.74, 6) is 1.54. The van der Waals surface area contributed by atoms with Crippen molar-refractivity contribution in [1.82, 2.24) is 15.6 Å². The second-order valence-corrected chi connectivity index (χ2v) is 6.97. The number of aromatic nitrogens is 1. The average Bonchev–Trinajstić information content (AvgIpc) is 3.15. The highest BCUT2D eigenvalue weighted by Gasteiger charge is 2.25. The maximum absolute atomic E-state index is 12.6. The fourth-order valence-electron chi connectivity index (χ4n) is 3.20. The lowest BCUT2D eigenvalue weighted by molar-refractivity contribution is -0.0504. The normalized spacial score (nSPS) is 16.9. The topological polar surface area (TPSA) is 61.8 Å². The van der Waals surface area contributed by atoms with E-state index in [4.69, 9.17) is 11.6 Å². The molecule has 1 aliphatic heterocycles. The van der Waals surface area contributed by atoms with Crippen molar-refractivity contribution in [2.75, 3.05) is 24.5 Å². The fraction of sp³-hybridized carbons (Fsp3) is 0.400. The SMILES string of the molecule is CCNC(=NCc1ccccc1OC(F)F)NC1CCN(c2ncccc2Cl)C1. The lowest BCUT2D eigenvalue weighted by atomic mass is 10.2. The van der Waals surface area contributed by atoms with E-state index < -0.39 is 6.61 Å². The highest BCUT2D eigenvalue weighted by atomic mass is 35.5. The molecule has 2 aromatic rings. The van der Waals surface area contributed by atoms with E-state index >= 15 is 0 Å². The van der Waals surface area contributed by atoms with Gasteiger partial charge in [-0.25, -0.2) is 9.98 Å². The summed E-state index contributed by atoms with van der Waals surface area (Å²) in [7, 11) is 0. The molecular weight excluding hydrogens is 400 g/mol. The summed E-state index contributed by atoms with van der Waals surface area (Å²) in [5, 5.41) is 7.23. The van der Waals surface area contributed by atoms with Crippen molar-refractivity contribution in [3.8, 4) is 5.75 Å². The minimum absolute atomic E-state index is 0.138. The Hall–Kier alpha value is -2.61. The molecule has 9 heteroatoms. The summed E-state index contributed by atoms with van der Waals surface area (Å²) in [6, 6.07) is 10.5. The first-order valence-electron chi connectivity index (χ1n) is 9.50. The number of rotatable bonds is 7. The van der Waals surface area contributed by atoms with Crippen LogP contribution < -0.4 is 20.3 Å². The standard InChI is InChI=1S/C20H24ClF2N5O/c1-2-24-20(26-12-14-6-3-4-8-17(14)29-19(22)23)27-15-9-11-28(13-15)18-16(21)7-5-10-25-18/h3-8,10,15,19H,2,9,11-13H2,1H3,(H2,24,26,27). The summed E-state index contributed by atoms with van der Waals surface area (Å²) in [6.45, 7) is 1.59. The van der Waals surface area contributed by atoms with E-state index in [1.165, 1.54) is 6.07 Å². The quantitative estimate of drug-likeness (QED) is 0.525. The number of nitrogens with zero attached hydrogens (tertiary/aromatic N) is 3. The van der Waals surface area contributed by atoms with Crippen molar-refractivity contribution >= 4 is 23.4 Å². The number of hydrogen-bond acceptors (Lipinski definition) is 4. The van der Waals surface area contributed by atoms with E-state index in [9.17, 15) is 8.78 Å². The molecule has 1 fully saturated rings. The molecule has 1 aromatic carbocycles. The summed E-state index contributed by atoms with van der Waals surface area (Å²) in [5.41, 5.74) is 0.596. The minimum atomic E-state index is -2.87. The number of hydrogen-bond donors (Lipinski definition) is 2. The van der Waals surface area contributed by atoms with Crippen LogP contribution in [0.25, 0.3) is 0 Å². The Morgan fingerprint density at radius 2 is 2.17 bits per heavy atom. The third-order valence-corrected chi connectivity index (χ3v) is 4.80. The van der Waals surface area contributed by atoms with Crippen molar-refractivity contribution in [2.24, 2.45) is 4.99 Å². The Morgan fingerprint density at radius 1 is 1.34 bits per heavy atom. The van der Waals surface area contributed by atoms with Crippen LogP contribution >= 0.6 is 11.6 Å². The molecule has 0 aliphatic carbocycles. The zero-order chi connectivity index (χ0) is 20.6. The Morgan fingerprint density at radius 3 is 2.93 bits per heavy atom. The van der Waals surface area contributed by atoms with E-state index in [2.05, 4.69) is 30.2 Å². The molecule has 1 unspecified atom stereocenters. The number of nitrogens with one attached hydrogen (secondary N) is 2. The van der Waals surface area contributed by atoms with Crippen LogP contribution in [0.2, 0.25) is 5.02 Å². The van der Waals surface area contributed by atoms with Gasteiger partial charge in [-0.05, 0) is 31.5 Å². The maximum atomic E-state index is 12.6. The van der Waals surface area contributed by atoms with Gasteiger partial charge in [-0.15, -0.1) is 0 Å². The molecule has 0 amide bonds. The molecule has 0 radical (unpaired) electrons. The highest BCUT2D eigenvalue weighted by Crippen LogP contribution is 2.26. The van der Waals surface area contributed by atoms with Gasteiger partial charge in [-0.2, -0.15) is 8.78 Å². The van der Waals surface area contributed by atoms with Gasteiger partial charge in [0.1, 0.15) is 11.6 Å². The van der Waals surface area contributed by atoms with Crippen molar-refractivity contribution < 1.29 is 13.5 Å². The molecule has 2 N–H and O–H groups in total. The van der Waals surface area contributed by atoms with Gasteiger partial charge in [0.15, 0.2) is 5.96 Å². The molecule has 1 aromatic heterocycles. The maximum Gasteiger partial charge on any atom is 0.387 e. The number of guanidine groups is 1. The Labute approximate surface area is 173 Å². The van der Waals surface area contributed by atoms with Crippen LogP contribution in [-0.4, -0.2) is 43.2 Å². The Balaban J connectivity index is 1.64. The number of aliphatic imine (C=N–C) groups is 1. The van der Waals surface area contributed by atoms with Gasteiger partial charge in [-0.1, -0.05) is 29.8 Å². The van der Waals surface area contributed by atoms with Crippen LogP contribution in [0.1, 0.15) is 18.9 Å². The smallest absolute Gasteiger partial charge is 0.387 e. The van der Waals surface area contributed by atoms with Gasteiger partial charge in [0.05, 0.1) is 11.6 Å². The predicted molar refractivity (Wildman–Crippen MR) is 111 cm³/mol. The van der Waals surface area contributed by atoms with Gasteiger partial charge >= 0.3 is 6.61 Å². The van der Waals surface area contributed by atoms with Gasteiger partial charge < -0.3 is 20.3 Å². The molecule has 3 rings (SSSR count). The number of alkyl halides is 2. The number of pyridine rings is 1. The molecular formula is C20H24ClF2N5O. The van der Waals surface area contributed by atoms with Crippen molar-refractivity contribution in [2.45, 2.75) is 32.5 Å². The summed E-state index contributed by atoms with van der Waals surface area (Å²) in [4.78, 5) is 11.0. The highest BCUT2D eigenvalue weighted by molar-refractivity contribution is 6.32. The second kappa shape index (κ2) is 10.2. The Bertz CT molecular complexity index is 836. The van der Waals surface area contributed by atoms with E-state index in [0.29, 0.717) is 23.1 Å². The molecule has 0 saturated carbocycles. The largest absolute Gasteiger partial charge is 0.434 e. The first kappa shape index (κ1) is 21.1. The molecule has 0 bridgehead atoms. The van der Waals surface area contributed by atoms with Gasteiger partial charge in [0.2, 0.25) is 0 Å². The van der Waals surface area contributed by atoms with Gasteiger partial charge in [0.25, 0.3) is 0 Å². The monoisotopic (exact) mass is 423 g/mol. The molecule has 29 heavy (non-hydrogen) atoms. The number of anilines is 1. The van der Waals surface area contributed by atoms with E-state index in [1.807, 2.05) is 19.1 Å². The van der Waals surface area contributed by atoms with Crippen LogP contribution in [-0.2, 0) is 6.54 Å². The van der Waals surface area contributed by atoms with Crippen LogP contribution in [0.3, 0.4) is 0 Å². The average molecular weight is 424 g/mol. The predicted octanol–water partition coefficient (Wildman–Crippen LogP) is 3.67.